The molecule has 3 aliphatic rings. The predicted molar refractivity (Wildman–Crippen MR) is 203 cm³/mol. The summed E-state index contributed by atoms with van der Waals surface area (Å²) in [6, 6.07) is 54.1. The van der Waals surface area contributed by atoms with Gasteiger partial charge in [0.25, 0.3) is 0 Å². The molecule has 0 atom stereocenters. The Balaban J connectivity index is 1.22. The van der Waals surface area contributed by atoms with Gasteiger partial charge in [0.1, 0.15) is 11.2 Å². The second-order valence-electron chi connectivity index (χ2n) is 14.4. The van der Waals surface area contributed by atoms with E-state index < -0.39 is 5.41 Å². The van der Waals surface area contributed by atoms with Crippen molar-refractivity contribution in [1.82, 2.24) is 0 Å². The molecule has 1 spiro atoms. The molecule has 0 radical (unpaired) electrons. The van der Waals surface area contributed by atoms with Crippen molar-refractivity contribution in [1.29, 1.82) is 0 Å². The van der Waals surface area contributed by atoms with Crippen LogP contribution in [0.2, 0.25) is 0 Å². The molecular weight excluding hydrogens is 611 g/mol. The highest BCUT2D eigenvalue weighted by atomic mass is 16.3. The van der Waals surface area contributed by atoms with Crippen LogP contribution in [0.15, 0.2) is 161 Å². The van der Waals surface area contributed by atoms with Crippen molar-refractivity contribution in [3.8, 4) is 22.3 Å². The molecule has 1 aromatic heterocycles. The molecule has 0 fully saturated rings. The van der Waals surface area contributed by atoms with Gasteiger partial charge < -0.3 is 9.32 Å². The molecule has 8 aromatic rings. The van der Waals surface area contributed by atoms with E-state index in [1.807, 2.05) is 36.4 Å². The Bertz CT molecular complexity index is 2790. The third-order valence-corrected chi connectivity index (χ3v) is 11.7. The lowest BCUT2D eigenvalue weighted by atomic mass is 9.64. The molecule has 3 nitrogen and oxygen atoms in total. The summed E-state index contributed by atoms with van der Waals surface area (Å²) < 4.78 is 6.38. The molecular formula is C47H31NO2. The Morgan fingerprint density at radius 2 is 1.02 bits per heavy atom. The first-order chi connectivity index (χ1) is 24.5. The molecule has 236 valence electrons. The highest BCUT2D eigenvalue weighted by molar-refractivity contribution is 5.99. The van der Waals surface area contributed by atoms with Gasteiger partial charge in [-0.15, -0.1) is 0 Å². The van der Waals surface area contributed by atoms with Crippen molar-refractivity contribution >= 4 is 39.0 Å². The largest absolute Gasteiger partial charge is 0.456 e. The fraction of sp³-hybridized carbons (Fsp3) is 0.0851. The molecule has 11 rings (SSSR count). The molecule has 2 aliphatic carbocycles. The number of fused-ring (bicyclic) bond motifs is 14. The molecule has 0 bridgehead atoms. The van der Waals surface area contributed by atoms with E-state index in [4.69, 9.17) is 4.42 Å². The Hall–Kier alpha value is -6.19. The molecule has 50 heavy (non-hydrogen) atoms. The van der Waals surface area contributed by atoms with Gasteiger partial charge in [-0.05, 0) is 98.1 Å². The van der Waals surface area contributed by atoms with Gasteiger partial charge in [0.2, 0.25) is 5.43 Å². The summed E-state index contributed by atoms with van der Waals surface area (Å²) in [5.41, 5.74) is 16.8. The molecule has 0 amide bonds. The zero-order chi connectivity index (χ0) is 33.4. The third-order valence-electron chi connectivity index (χ3n) is 11.7. The van der Waals surface area contributed by atoms with Crippen molar-refractivity contribution in [2.45, 2.75) is 24.7 Å². The van der Waals surface area contributed by atoms with E-state index in [-0.39, 0.29) is 10.8 Å². The predicted octanol–water partition coefficient (Wildman–Crippen LogP) is 11.4. The van der Waals surface area contributed by atoms with E-state index in [1.54, 1.807) is 0 Å². The van der Waals surface area contributed by atoms with Crippen LogP contribution in [0.25, 0.3) is 44.2 Å². The highest BCUT2D eigenvalue weighted by Crippen LogP contribution is 2.65. The van der Waals surface area contributed by atoms with Gasteiger partial charge >= 0.3 is 0 Å². The Kier molecular flexibility index (Phi) is 5.26. The van der Waals surface area contributed by atoms with E-state index in [0.29, 0.717) is 21.9 Å². The molecule has 0 N–H and O–H groups in total. The summed E-state index contributed by atoms with van der Waals surface area (Å²) >= 11 is 0. The van der Waals surface area contributed by atoms with Gasteiger partial charge in [0.15, 0.2) is 0 Å². The summed E-state index contributed by atoms with van der Waals surface area (Å²) in [6.45, 7) is 4.73. The van der Waals surface area contributed by atoms with Gasteiger partial charge in [-0.3, -0.25) is 4.79 Å². The third kappa shape index (κ3) is 3.28. The van der Waals surface area contributed by atoms with Crippen LogP contribution < -0.4 is 10.3 Å². The minimum atomic E-state index is -0.533. The number of nitrogens with zero attached hydrogens (tertiary/aromatic N) is 1. The van der Waals surface area contributed by atoms with Crippen molar-refractivity contribution < 1.29 is 4.42 Å². The topological polar surface area (TPSA) is 33.5 Å². The van der Waals surface area contributed by atoms with E-state index in [2.05, 4.69) is 134 Å². The van der Waals surface area contributed by atoms with Gasteiger partial charge in [0.05, 0.1) is 27.6 Å². The SMILES string of the molecule is CC1(C)c2ccccc2-c2cc3c(cc21)C1(c2ccccc2-3)c2ccccc2N(c2ccc3c(=O)c4ccccc4oc3c2)c2ccccc21. The Labute approximate surface area is 289 Å². The smallest absolute Gasteiger partial charge is 0.200 e. The van der Waals surface area contributed by atoms with E-state index >= 15 is 0 Å². The molecule has 7 aromatic carbocycles. The minimum Gasteiger partial charge on any atom is -0.456 e. The first kappa shape index (κ1) is 27.7. The number of rotatable bonds is 1. The van der Waals surface area contributed by atoms with Crippen molar-refractivity contribution in [3.05, 3.63) is 195 Å². The second kappa shape index (κ2) is 9.49. The zero-order valence-electron chi connectivity index (χ0n) is 27.7. The van der Waals surface area contributed by atoms with E-state index in [0.717, 1.165) is 17.1 Å². The molecule has 0 unspecified atom stereocenters. The number of hydrogen-bond donors (Lipinski definition) is 0. The van der Waals surface area contributed by atoms with Crippen LogP contribution in [0.1, 0.15) is 47.2 Å². The lowest BCUT2D eigenvalue weighted by molar-refractivity contribution is 0.656. The molecule has 1 aliphatic heterocycles. The van der Waals surface area contributed by atoms with Crippen LogP contribution in [0.4, 0.5) is 17.1 Å². The average molecular weight is 642 g/mol. The zero-order valence-corrected chi connectivity index (χ0v) is 27.7. The molecule has 2 heterocycles. The van der Waals surface area contributed by atoms with Crippen LogP contribution in [0.5, 0.6) is 0 Å². The lowest BCUT2D eigenvalue weighted by Crippen LogP contribution is -2.36. The maximum atomic E-state index is 13.5. The van der Waals surface area contributed by atoms with Crippen molar-refractivity contribution in [3.63, 3.8) is 0 Å². The van der Waals surface area contributed by atoms with Crippen molar-refractivity contribution in [2.24, 2.45) is 0 Å². The highest BCUT2D eigenvalue weighted by Gasteiger charge is 2.53. The van der Waals surface area contributed by atoms with E-state index in [9.17, 15) is 4.79 Å². The number of hydrogen-bond acceptors (Lipinski definition) is 3. The summed E-state index contributed by atoms with van der Waals surface area (Å²) in [5.74, 6) is 0. The second-order valence-corrected chi connectivity index (χ2v) is 14.4. The Morgan fingerprint density at radius 3 is 1.76 bits per heavy atom. The fourth-order valence-corrected chi connectivity index (χ4v) is 9.50. The number of benzene rings is 7. The minimum absolute atomic E-state index is 0.0106. The lowest BCUT2D eigenvalue weighted by Gasteiger charge is -2.45. The molecule has 0 saturated carbocycles. The normalized spacial score (nSPS) is 15.4. The van der Waals surface area contributed by atoms with Gasteiger partial charge in [-0.2, -0.15) is 0 Å². The van der Waals surface area contributed by atoms with Gasteiger partial charge in [-0.25, -0.2) is 0 Å². The van der Waals surface area contributed by atoms with Crippen molar-refractivity contribution in [2.75, 3.05) is 4.90 Å². The van der Waals surface area contributed by atoms with E-state index in [1.165, 1.54) is 55.6 Å². The monoisotopic (exact) mass is 641 g/mol. The van der Waals surface area contributed by atoms with Crippen LogP contribution in [-0.4, -0.2) is 0 Å². The first-order valence-corrected chi connectivity index (χ1v) is 17.3. The maximum absolute atomic E-state index is 13.5. The standard InChI is InChI=1S/C47H31NO2/c1-46(2)35-16-6-3-13-29(35)33-26-34-30-14-4-7-17-36(30)47(40(34)27-39(33)46)37-18-8-10-20-41(37)48(42-21-11-9-19-38(42)47)28-23-24-32-44(25-28)50-43-22-12-5-15-31(43)45(32)49/h3-27H,1-2H3. The van der Waals surface area contributed by atoms with Crippen LogP contribution in [0, 0.1) is 0 Å². The van der Waals surface area contributed by atoms with Crippen LogP contribution >= 0.6 is 0 Å². The summed E-state index contributed by atoms with van der Waals surface area (Å²) in [7, 11) is 0. The number of anilines is 3. The molecule has 0 saturated heterocycles. The summed E-state index contributed by atoms with van der Waals surface area (Å²) in [6.07, 6.45) is 0. The first-order valence-electron chi connectivity index (χ1n) is 17.3. The van der Waals surface area contributed by atoms with Crippen LogP contribution in [0.3, 0.4) is 0 Å². The molecule has 3 heteroatoms. The van der Waals surface area contributed by atoms with Crippen LogP contribution in [-0.2, 0) is 10.8 Å². The van der Waals surface area contributed by atoms with Gasteiger partial charge in [-0.1, -0.05) is 117 Å². The average Bonchev–Trinajstić information content (AvgIpc) is 3.56. The fourth-order valence-electron chi connectivity index (χ4n) is 9.50. The van der Waals surface area contributed by atoms with Gasteiger partial charge in [0, 0.05) is 17.2 Å². The number of para-hydroxylation sites is 3. The summed E-state index contributed by atoms with van der Waals surface area (Å²) in [4.78, 5) is 15.8. The Morgan fingerprint density at radius 1 is 0.460 bits per heavy atom. The quantitative estimate of drug-likeness (QED) is 0.167. The maximum Gasteiger partial charge on any atom is 0.200 e. The summed E-state index contributed by atoms with van der Waals surface area (Å²) in [5, 5.41) is 1.18.